The normalized spacial score (nSPS) is 11.1. The number of rotatable bonds is 5. The SMILES string of the molecule is C=CCn1c(=O)c2c(ncn2Cc2ccccc2C)n(-c2ccccc2C)c1=O. The number of imidazole rings is 1. The summed E-state index contributed by atoms with van der Waals surface area (Å²) < 4.78 is 4.54. The lowest BCUT2D eigenvalue weighted by Gasteiger charge is -2.14. The van der Waals surface area contributed by atoms with Crippen molar-refractivity contribution in [3.63, 3.8) is 0 Å². The van der Waals surface area contributed by atoms with E-state index >= 15 is 0 Å². The molecule has 2 aromatic heterocycles. The minimum Gasteiger partial charge on any atom is -0.320 e. The summed E-state index contributed by atoms with van der Waals surface area (Å²) in [6.45, 7) is 8.30. The molecule has 0 amide bonds. The van der Waals surface area contributed by atoms with Crippen LogP contribution < -0.4 is 11.2 Å². The van der Waals surface area contributed by atoms with Gasteiger partial charge in [0, 0.05) is 13.1 Å². The molecule has 0 saturated heterocycles. The second kappa shape index (κ2) is 7.39. The van der Waals surface area contributed by atoms with E-state index < -0.39 is 5.69 Å². The molecular formula is C23H22N4O2. The molecular weight excluding hydrogens is 364 g/mol. The molecule has 0 saturated carbocycles. The lowest BCUT2D eigenvalue weighted by molar-refractivity contribution is 0.689. The van der Waals surface area contributed by atoms with Gasteiger partial charge in [0.05, 0.1) is 12.0 Å². The summed E-state index contributed by atoms with van der Waals surface area (Å²) in [7, 11) is 0. The third-order valence-corrected chi connectivity index (χ3v) is 5.17. The van der Waals surface area contributed by atoms with E-state index in [1.165, 1.54) is 9.13 Å². The zero-order valence-electron chi connectivity index (χ0n) is 16.5. The first-order valence-electron chi connectivity index (χ1n) is 9.45. The van der Waals surface area contributed by atoms with Gasteiger partial charge in [-0.2, -0.15) is 0 Å². The Labute approximate surface area is 168 Å². The number of hydrogen-bond acceptors (Lipinski definition) is 3. The van der Waals surface area contributed by atoms with E-state index in [2.05, 4.69) is 11.6 Å². The van der Waals surface area contributed by atoms with Crippen molar-refractivity contribution in [3.8, 4) is 5.69 Å². The third-order valence-electron chi connectivity index (χ3n) is 5.17. The van der Waals surface area contributed by atoms with Crippen LogP contribution in [0.1, 0.15) is 16.7 Å². The number of benzene rings is 2. The van der Waals surface area contributed by atoms with Crippen molar-refractivity contribution >= 4 is 11.2 Å². The molecule has 29 heavy (non-hydrogen) atoms. The molecule has 0 aliphatic rings. The lowest BCUT2D eigenvalue weighted by Crippen LogP contribution is -2.40. The fourth-order valence-electron chi connectivity index (χ4n) is 3.59. The molecule has 0 radical (unpaired) electrons. The molecule has 6 heteroatoms. The van der Waals surface area contributed by atoms with Gasteiger partial charge in [-0.05, 0) is 36.6 Å². The standard InChI is InChI=1S/C23H22N4O2/c1-4-13-26-22(28)20-21(27(23(26)29)19-12-8-6-10-17(19)3)24-15-25(20)14-18-11-7-5-9-16(18)2/h4-12,15H,1,13-14H2,2-3H3. The van der Waals surface area contributed by atoms with E-state index in [1.807, 2.05) is 66.9 Å². The Morgan fingerprint density at radius 1 is 1.00 bits per heavy atom. The van der Waals surface area contributed by atoms with Gasteiger partial charge in [0.25, 0.3) is 5.56 Å². The maximum absolute atomic E-state index is 13.2. The van der Waals surface area contributed by atoms with Gasteiger partial charge in [-0.15, -0.1) is 6.58 Å². The highest BCUT2D eigenvalue weighted by Gasteiger charge is 2.19. The van der Waals surface area contributed by atoms with Crippen LogP contribution in [0, 0.1) is 13.8 Å². The van der Waals surface area contributed by atoms with Gasteiger partial charge in [-0.1, -0.05) is 48.5 Å². The van der Waals surface area contributed by atoms with Crippen molar-refractivity contribution < 1.29 is 0 Å². The highest BCUT2D eigenvalue weighted by atomic mass is 16.2. The maximum atomic E-state index is 13.2. The Morgan fingerprint density at radius 3 is 2.38 bits per heavy atom. The quantitative estimate of drug-likeness (QED) is 0.495. The molecule has 4 aromatic rings. The summed E-state index contributed by atoms with van der Waals surface area (Å²) in [6.07, 6.45) is 3.18. The molecule has 0 aliphatic heterocycles. The van der Waals surface area contributed by atoms with Crippen LogP contribution in [-0.4, -0.2) is 18.7 Å². The van der Waals surface area contributed by atoms with E-state index in [1.54, 1.807) is 12.4 Å². The van der Waals surface area contributed by atoms with Crippen LogP contribution in [-0.2, 0) is 13.1 Å². The minimum absolute atomic E-state index is 0.134. The molecule has 0 spiro atoms. The first-order chi connectivity index (χ1) is 14.0. The van der Waals surface area contributed by atoms with Crippen molar-refractivity contribution in [1.29, 1.82) is 0 Å². The van der Waals surface area contributed by atoms with Crippen LogP contribution in [0.3, 0.4) is 0 Å². The van der Waals surface area contributed by atoms with Gasteiger partial charge in [-0.25, -0.2) is 14.3 Å². The van der Waals surface area contributed by atoms with Crippen molar-refractivity contribution in [2.75, 3.05) is 0 Å². The van der Waals surface area contributed by atoms with Crippen LogP contribution in [0.5, 0.6) is 0 Å². The Bertz CT molecular complexity index is 1340. The lowest BCUT2D eigenvalue weighted by atomic mass is 10.1. The van der Waals surface area contributed by atoms with Gasteiger partial charge in [0.15, 0.2) is 11.2 Å². The van der Waals surface area contributed by atoms with Gasteiger partial charge < -0.3 is 4.57 Å². The summed E-state index contributed by atoms with van der Waals surface area (Å²) in [4.78, 5) is 30.9. The van der Waals surface area contributed by atoms with Gasteiger partial charge >= 0.3 is 5.69 Å². The molecule has 0 N–H and O–H groups in total. The van der Waals surface area contributed by atoms with Gasteiger partial charge in [0.1, 0.15) is 0 Å². The van der Waals surface area contributed by atoms with E-state index in [0.717, 1.165) is 16.7 Å². The number of nitrogens with zero attached hydrogens (tertiary/aromatic N) is 4. The van der Waals surface area contributed by atoms with Crippen LogP contribution in [0.2, 0.25) is 0 Å². The molecule has 2 heterocycles. The summed E-state index contributed by atoms with van der Waals surface area (Å²) in [5, 5.41) is 0. The first-order valence-corrected chi connectivity index (χ1v) is 9.45. The Hall–Kier alpha value is -3.67. The van der Waals surface area contributed by atoms with Gasteiger partial charge in [-0.3, -0.25) is 9.36 Å². The Morgan fingerprint density at radius 2 is 1.69 bits per heavy atom. The van der Waals surface area contributed by atoms with Crippen molar-refractivity contribution in [2.45, 2.75) is 26.9 Å². The Balaban J connectivity index is 2.05. The van der Waals surface area contributed by atoms with Crippen LogP contribution >= 0.6 is 0 Å². The predicted molar refractivity (Wildman–Crippen MR) is 115 cm³/mol. The average Bonchev–Trinajstić information content (AvgIpc) is 3.12. The number of hydrogen-bond donors (Lipinski definition) is 0. The maximum Gasteiger partial charge on any atom is 0.337 e. The molecule has 0 unspecified atom stereocenters. The van der Waals surface area contributed by atoms with E-state index in [0.29, 0.717) is 23.4 Å². The van der Waals surface area contributed by atoms with Crippen molar-refractivity contribution in [3.05, 3.63) is 105 Å². The molecule has 0 bridgehead atoms. The zero-order valence-corrected chi connectivity index (χ0v) is 16.5. The second-order valence-corrected chi connectivity index (χ2v) is 7.08. The molecule has 4 rings (SSSR count). The highest BCUT2D eigenvalue weighted by molar-refractivity contribution is 5.73. The fourth-order valence-corrected chi connectivity index (χ4v) is 3.59. The van der Waals surface area contributed by atoms with E-state index in [9.17, 15) is 9.59 Å². The second-order valence-electron chi connectivity index (χ2n) is 7.08. The summed E-state index contributed by atoms with van der Waals surface area (Å²) in [5.41, 5.74) is 3.84. The number of aromatic nitrogens is 4. The van der Waals surface area contributed by atoms with Crippen molar-refractivity contribution in [2.24, 2.45) is 0 Å². The summed E-state index contributed by atoms with van der Waals surface area (Å²) in [5.74, 6) is 0. The van der Waals surface area contributed by atoms with E-state index in [4.69, 9.17) is 0 Å². The molecule has 0 atom stereocenters. The minimum atomic E-state index is -0.419. The number of para-hydroxylation sites is 1. The smallest absolute Gasteiger partial charge is 0.320 e. The largest absolute Gasteiger partial charge is 0.337 e. The monoisotopic (exact) mass is 386 g/mol. The predicted octanol–water partition coefficient (Wildman–Crippen LogP) is 3.20. The van der Waals surface area contributed by atoms with E-state index in [-0.39, 0.29) is 12.1 Å². The first kappa shape index (κ1) is 18.7. The molecule has 146 valence electrons. The number of fused-ring (bicyclic) bond motifs is 1. The van der Waals surface area contributed by atoms with Gasteiger partial charge in [0.2, 0.25) is 0 Å². The average molecular weight is 386 g/mol. The van der Waals surface area contributed by atoms with Crippen LogP contribution in [0.15, 0.2) is 77.1 Å². The number of allylic oxidation sites excluding steroid dienone is 1. The molecule has 6 nitrogen and oxygen atoms in total. The zero-order chi connectivity index (χ0) is 20.5. The third kappa shape index (κ3) is 3.12. The summed E-state index contributed by atoms with van der Waals surface area (Å²) >= 11 is 0. The fraction of sp³-hybridized carbons (Fsp3) is 0.174. The molecule has 2 aromatic carbocycles. The molecule has 0 aliphatic carbocycles. The topological polar surface area (TPSA) is 61.8 Å². The molecule has 0 fully saturated rings. The Kier molecular flexibility index (Phi) is 4.76. The summed E-state index contributed by atoms with van der Waals surface area (Å²) in [6, 6.07) is 15.6. The van der Waals surface area contributed by atoms with Crippen LogP contribution in [0.25, 0.3) is 16.9 Å². The highest BCUT2D eigenvalue weighted by Crippen LogP contribution is 2.18. The van der Waals surface area contributed by atoms with Crippen molar-refractivity contribution in [1.82, 2.24) is 18.7 Å². The number of aryl methyl sites for hydroxylation is 2. The van der Waals surface area contributed by atoms with Crippen LogP contribution in [0.4, 0.5) is 0 Å².